The van der Waals surface area contributed by atoms with Gasteiger partial charge in [-0.1, -0.05) is 26.0 Å². The Kier molecular flexibility index (Phi) is 4.25. The molecule has 1 aliphatic heterocycles. The molecule has 18 heavy (non-hydrogen) atoms. The van der Waals surface area contributed by atoms with Gasteiger partial charge in [-0.25, -0.2) is 0 Å². The van der Waals surface area contributed by atoms with Crippen LogP contribution < -0.4 is 4.74 Å². The molecule has 0 spiro atoms. The lowest BCUT2D eigenvalue weighted by Crippen LogP contribution is -2.26. The second-order valence-corrected chi connectivity index (χ2v) is 5.46. The van der Waals surface area contributed by atoms with E-state index in [4.69, 9.17) is 4.74 Å². The van der Waals surface area contributed by atoms with Gasteiger partial charge in [-0.15, -0.1) is 0 Å². The summed E-state index contributed by atoms with van der Waals surface area (Å²) in [7, 11) is 1.65. The van der Waals surface area contributed by atoms with Crippen LogP contribution in [0.1, 0.15) is 25.5 Å². The molecule has 3 heteroatoms. The predicted octanol–water partition coefficient (Wildman–Crippen LogP) is 2.32. The van der Waals surface area contributed by atoms with Gasteiger partial charge in [0.15, 0.2) is 0 Å². The van der Waals surface area contributed by atoms with Gasteiger partial charge in [-0.2, -0.15) is 0 Å². The third-order valence-electron chi connectivity index (χ3n) is 4.00. The summed E-state index contributed by atoms with van der Waals surface area (Å²) in [6.07, 6.45) is -0.409. The number of nitrogens with zero attached hydrogens (tertiary/aromatic N) is 1. The maximum absolute atomic E-state index is 10.2. The summed E-state index contributed by atoms with van der Waals surface area (Å²) in [6, 6.07) is 7.67. The van der Waals surface area contributed by atoms with E-state index in [0.717, 1.165) is 42.8 Å². The molecule has 1 heterocycles. The molecule has 1 aliphatic rings. The van der Waals surface area contributed by atoms with Crippen LogP contribution in [0, 0.1) is 11.8 Å². The molecule has 0 amide bonds. The third kappa shape index (κ3) is 3.03. The lowest BCUT2D eigenvalue weighted by Gasteiger charge is -2.20. The maximum atomic E-state index is 10.2. The van der Waals surface area contributed by atoms with E-state index in [1.807, 2.05) is 24.3 Å². The largest absolute Gasteiger partial charge is 0.497 e. The Morgan fingerprint density at radius 1 is 1.22 bits per heavy atom. The van der Waals surface area contributed by atoms with Crippen molar-refractivity contribution < 1.29 is 9.84 Å². The first-order valence-electron chi connectivity index (χ1n) is 6.64. The molecule has 0 bridgehead atoms. The number of hydrogen-bond donors (Lipinski definition) is 1. The minimum absolute atomic E-state index is 0.409. The molecule has 2 rings (SSSR count). The van der Waals surface area contributed by atoms with Gasteiger partial charge < -0.3 is 9.84 Å². The molecule has 3 unspecified atom stereocenters. The van der Waals surface area contributed by atoms with Crippen molar-refractivity contribution >= 4 is 0 Å². The maximum Gasteiger partial charge on any atom is 0.118 e. The Hall–Kier alpha value is -1.06. The number of methoxy groups -OCH3 is 1. The molecule has 0 aromatic heterocycles. The van der Waals surface area contributed by atoms with E-state index in [1.54, 1.807) is 7.11 Å². The van der Waals surface area contributed by atoms with Crippen molar-refractivity contribution in [2.75, 3.05) is 26.7 Å². The number of ether oxygens (including phenoxy) is 1. The lowest BCUT2D eigenvalue weighted by atomic mass is 10.0. The Bertz CT molecular complexity index is 367. The topological polar surface area (TPSA) is 32.7 Å². The number of β-amino-alcohol motifs (C(OH)–C–C–N with tert-alkyl or cyclic N) is 1. The van der Waals surface area contributed by atoms with Crippen LogP contribution in [0.3, 0.4) is 0 Å². The van der Waals surface area contributed by atoms with Crippen LogP contribution in [0.4, 0.5) is 0 Å². The fourth-order valence-corrected chi connectivity index (χ4v) is 2.57. The number of rotatable bonds is 4. The lowest BCUT2D eigenvalue weighted by molar-refractivity contribution is 0.123. The van der Waals surface area contributed by atoms with Gasteiger partial charge in [0.1, 0.15) is 5.75 Å². The minimum atomic E-state index is -0.409. The highest BCUT2D eigenvalue weighted by Crippen LogP contribution is 2.25. The summed E-state index contributed by atoms with van der Waals surface area (Å²) < 4.78 is 5.12. The van der Waals surface area contributed by atoms with E-state index in [1.165, 1.54) is 0 Å². The van der Waals surface area contributed by atoms with Gasteiger partial charge in [0.25, 0.3) is 0 Å². The van der Waals surface area contributed by atoms with Crippen LogP contribution in [0.2, 0.25) is 0 Å². The van der Waals surface area contributed by atoms with Crippen LogP contribution in [0.25, 0.3) is 0 Å². The van der Waals surface area contributed by atoms with Gasteiger partial charge in [0, 0.05) is 19.6 Å². The van der Waals surface area contributed by atoms with Gasteiger partial charge >= 0.3 is 0 Å². The Morgan fingerprint density at radius 3 is 2.28 bits per heavy atom. The third-order valence-corrected chi connectivity index (χ3v) is 4.00. The first-order valence-corrected chi connectivity index (χ1v) is 6.64. The number of hydrogen-bond acceptors (Lipinski definition) is 3. The van der Waals surface area contributed by atoms with Crippen molar-refractivity contribution in [3.05, 3.63) is 29.8 Å². The van der Waals surface area contributed by atoms with E-state index in [9.17, 15) is 5.11 Å². The molecule has 1 N–H and O–H groups in total. The van der Waals surface area contributed by atoms with Crippen molar-refractivity contribution in [2.24, 2.45) is 11.8 Å². The van der Waals surface area contributed by atoms with Crippen LogP contribution in [-0.4, -0.2) is 36.8 Å². The van der Waals surface area contributed by atoms with Crippen molar-refractivity contribution in [2.45, 2.75) is 20.0 Å². The minimum Gasteiger partial charge on any atom is -0.497 e. The fourth-order valence-electron chi connectivity index (χ4n) is 2.57. The summed E-state index contributed by atoms with van der Waals surface area (Å²) in [4.78, 5) is 2.35. The number of likely N-dealkylation sites (tertiary alicyclic amines) is 1. The zero-order valence-electron chi connectivity index (χ0n) is 11.5. The highest BCUT2D eigenvalue weighted by Gasteiger charge is 2.27. The summed E-state index contributed by atoms with van der Waals surface area (Å²) >= 11 is 0. The summed E-state index contributed by atoms with van der Waals surface area (Å²) in [5.41, 5.74) is 0.961. The SMILES string of the molecule is COc1ccc(C(O)CN2CC(C)C(C)C2)cc1. The van der Waals surface area contributed by atoms with Crippen LogP contribution in [0.5, 0.6) is 5.75 Å². The second-order valence-electron chi connectivity index (χ2n) is 5.46. The molecule has 0 saturated carbocycles. The normalized spacial score (nSPS) is 26.2. The Labute approximate surface area is 109 Å². The standard InChI is InChI=1S/C15H23NO2/c1-11-8-16(9-12(11)2)10-15(17)13-4-6-14(18-3)7-5-13/h4-7,11-12,15,17H,8-10H2,1-3H3. The average molecular weight is 249 g/mol. The van der Waals surface area contributed by atoms with Crippen LogP contribution in [-0.2, 0) is 0 Å². The van der Waals surface area contributed by atoms with Gasteiger partial charge in [0.2, 0.25) is 0 Å². The number of benzene rings is 1. The molecule has 1 aromatic rings. The first kappa shape index (κ1) is 13.4. The highest BCUT2D eigenvalue weighted by atomic mass is 16.5. The Balaban J connectivity index is 1.93. The molecule has 3 nitrogen and oxygen atoms in total. The summed E-state index contributed by atoms with van der Waals surface area (Å²) in [5.74, 6) is 2.29. The highest BCUT2D eigenvalue weighted by molar-refractivity contribution is 5.28. The monoisotopic (exact) mass is 249 g/mol. The van der Waals surface area contributed by atoms with Crippen molar-refractivity contribution in [3.8, 4) is 5.75 Å². The van der Waals surface area contributed by atoms with E-state index < -0.39 is 6.10 Å². The van der Waals surface area contributed by atoms with E-state index >= 15 is 0 Å². The molecule has 0 aliphatic carbocycles. The fraction of sp³-hybridized carbons (Fsp3) is 0.600. The number of aliphatic hydroxyl groups is 1. The molecule has 3 atom stereocenters. The predicted molar refractivity (Wildman–Crippen MR) is 72.7 cm³/mol. The zero-order chi connectivity index (χ0) is 13.1. The molecule has 1 saturated heterocycles. The van der Waals surface area contributed by atoms with E-state index in [-0.39, 0.29) is 0 Å². The summed E-state index contributed by atoms with van der Waals surface area (Å²) in [6.45, 7) is 7.47. The number of aliphatic hydroxyl groups excluding tert-OH is 1. The smallest absolute Gasteiger partial charge is 0.118 e. The molecule has 1 fully saturated rings. The molecule has 1 aromatic carbocycles. The van der Waals surface area contributed by atoms with Crippen LogP contribution >= 0.6 is 0 Å². The molecule has 100 valence electrons. The van der Waals surface area contributed by atoms with Gasteiger partial charge in [0.05, 0.1) is 13.2 Å². The van der Waals surface area contributed by atoms with Crippen LogP contribution in [0.15, 0.2) is 24.3 Å². The molecule has 0 radical (unpaired) electrons. The van der Waals surface area contributed by atoms with E-state index in [2.05, 4.69) is 18.7 Å². The molecular weight excluding hydrogens is 226 g/mol. The van der Waals surface area contributed by atoms with Gasteiger partial charge in [-0.3, -0.25) is 4.90 Å². The van der Waals surface area contributed by atoms with Crippen molar-refractivity contribution in [3.63, 3.8) is 0 Å². The van der Waals surface area contributed by atoms with Crippen molar-refractivity contribution in [1.29, 1.82) is 0 Å². The first-order chi connectivity index (χ1) is 8.60. The average Bonchev–Trinajstić information content (AvgIpc) is 2.68. The van der Waals surface area contributed by atoms with Crippen molar-refractivity contribution in [1.82, 2.24) is 4.90 Å². The molecular formula is C15H23NO2. The quantitative estimate of drug-likeness (QED) is 0.889. The summed E-state index contributed by atoms with van der Waals surface area (Å²) in [5, 5.41) is 10.2. The second kappa shape index (κ2) is 5.72. The van der Waals surface area contributed by atoms with E-state index in [0.29, 0.717) is 0 Å². The zero-order valence-corrected chi connectivity index (χ0v) is 11.5. The Morgan fingerprint density at radius 2 is 1.78 bits per heavy atom. The van der Waals surface area contributed by atoms with Gasteiger partial charge in [-0.05, 0) is 29.5 Å².